The van der Waals surface area contributed by atoms with Crippen molar-refractivity contribution in [3.63, 3.8) is 0 Å². The number of anilines is 1. The molecule has 1 fully saturated rings. The summed E-state index contributed by atoms with van der Waals surface area (Å²) in [6.45, 7) is 5.64. The molecule has 0 spiro atoms. The Labute approximate surface area is 103 Å². The van der Waals surface area contributed by atoms with Gasteiger partial charge in [0.2, 0.25) is 0 Å². The van der Waals surface area contributed by atoms with Crippen molar-refractivity contribution in [3.8, 4) is 0 Å². The predicted octanol–water partition coefficient (Wildman–Crippen LogP) is 2.14. The second-order valence-electron chi connectivity index (χ2n) is 4.82. The van der Waals surface area contributed by atoms with E-state index in [2.05, 4.69) is 27.1 Å². The molecule has 1 saturated heterocycles. The fourth-order valence-corrected chi connectivity index (χ4v) is 2.49. The van der Waals surface area contributed by atoms with Crippen LogP contribution in [0, 0.1) is 5.92 Å². The zero-order chi connectivity index (χ0) is 12.1. The monoisotopic (exact) mass is 234 g/mol. The van der Waals surface area contributed by atoms with E-state index in [0.29, 0.717) is 0 Å². The van der Waals surface area contributed by atoms with E-state index in [9.17, 15) is 0 Å². The van der Waals surface area contributed by atoms with Gasteiger partial charge in [-0.05, 0) is 25.3 Å². The second kappa shape index (κ2) is 5.96. The van der Waals surface area contributed by atoms with Gasteiger partial charge in [-0.25, -0.2) is 4.98 Å². The van der Waals surface area contributed by atoms with Crippen molar-refractivity contribution in [3.05, 3.63) is 18.1 Å². The lowest BCUT2D eigenvalue weighted by Crippen LogP contribution is -2.20. The van der Waals surface area contributed by atoms with Crippen LogP contribution in [0.5, 0.6) is 0 Å². The van der Waals surface area contributed by atoms with E-state index < -0.39 is 0 Å². The minimum absolute atomic E-state index is 0.832. The summed E-state index contributed by atoms with van der Waals surface area (Å²) in [7, 11) is 1.86. The van der Waals surface area contributed by atoms with Gasteiger partial charge in [0.15, 0.2) is 0 Å². The fourth-order valence-electron chi connectivity index (χ4n) is 2.49. The molecular formula is C13H22N4. The largest absolute Gasteiger partial charge is 0.372 e. The van der Waals surface area contributed by atoms with Crippen LogP contribution in [0.4, 0.5) is 5.82 Å². The van der Waals surface area contributed by atoms with Crippen LogP contribution < -0.4 is 5.32 Å². The maximum Gasteiger partial charge on any atom is 0.144 e. The predicted molar refractivity (Wildman–Crippen MR) is 69.9 cm³/mol. The second-order valence-corrected chi connectivity index (χ2v) is 4.82. The summed E-state index contributed by atoms with van der Waals surface area (Å²) in [5.41, 5.74) is 1.07. The number of hydrogen-bond acceptors (Lipinski definition) is 4. The van der Waals surface area contributed by atoms with Crippen LogP contribution in [0.2, 0.25) is 0 Å². The summed E-state index contributed by atoms with van der Waals surface area (Å²) in [4.78, 5) is 11.2. The highest BCUT2D eigenvalue weighted by molar-refractivity contribution is 5.29. The molecule has 1 atom stereocenters. The molecule has 1 aromatic heterocycles. The third kappa shape index (κ3) is 3.40. The Bertz CT molecular complexity index is 336. The molecule has 2 rings (SSSR count). The molecule has 1 aromatic rings. The first-order valence-electron chi connectivity index (χ1n) is 6.53. The summed E-state index contributed by atoms with van der Waals surface area (Å²) in [6.07, 6.45) is 7.68. The van der Waals surface area contributed by atoms with Gasteiger partial charge in [0, 0.05) is 20.1 Å². The van der Waals surface area contributed by atoms with Crippen molar-refractivity contribution in [2.45, 2.75) is 32.7 Å². The van der Waals surface area contributed by atoms with Crippen molar-refractivity contribution in [2.75, 3.05) is 25.5 Å². The summed E-state index contributed by atoms with van der Waals surface area (Å²) < 4.78 is 0. The average molecular weight is 234 g/mol. The van der Waals surface area contributed by atoms with E-state index in [-0.39, 0.29) is 0 Å². The van der Waals surface area contributed by atoms with Gasteiger partial charge in [0.05, 0.1) is 18.1 Å². The highest BCUT2D eigenvalue weighted by atomic mass is 15.2. The van der Waals surface area contributed by atoms with Crippen molar-refractivity contribution in [2.24, 2.45) is 5.92 Å². The lowest BCUT2D eigenvalue weighted by molar-refractivity contribution is 0.309. The summed E-state index contributed by atoms with van der Waals surface area (Å²) in [5.74, 6) is 1.73. The van der Waals surface area contributed by atoms with Crippen LogP contribution in [-0.4, -0.2) is 35.0 Å². The van der Waals surface area contributed by atoms with Gasteiger partial charge < -0.3 is 5.32 Å². The average Bonchev–Trinajstić information content (AvgIpc) is 2.78. The molecule has 4 heteroatoms. The van der Waals surface area contributed by atoms with Crippen molar-refractivity contribution in [1.29, 1.82) is 0 Å². The smallest absolute Gasteiger partial charge is 0.144 e. The lowest BCUT2D eigenvalue weighted by Gasteiger charge is -2.15. The topological polar surface area (TPSA) is 41.1 Å². The quantitative estimate of drug-likeness (QED) is 0.847. The zero-order valence-electron chi connectivity index (χ0n) is 10.8. The van der Waals surface area contributed by atoms with Crippen LogP contribution in [0.3, 0.4) is 0 Å². The standard InChI is InChI=1S/C13H22N4/c1-3-4-11-5-6-17(9-11)10-12-7-16-13(14-2)8-15-12/h7-8,11H,3-6,9-10H2,1-2H3,(H,14,16). The summed E-state index contributed by atoms with van der Waals surface area (Å²) >= 11 is 0. The normalized spacial score (nSPS) is 20.7. The van der Waals surface area contributed by atoms with Crippen molar-refractivity contribution >= 4 is 5.82 Å². The van der Waals surface area contributed by atoms with Gasteiger partial charge in [-0.15, -0.1) is 0 Å². The molecule has 0 amide bonds. The van der Waals surface area contributed by atoms with Gasteiger partial charge in [-0.1, -0.05) is 13.3 Å². The van der Waals surface area contributed by atoms with Gasteiger partial charge in [0.25, 0.3) is 0 Å². The Morgan fingerprint density at radius 1 is 1.41 bits per heavy atom. The van der Waals surface area contributed by atoms with Crippen LogP contribution in [0.25, 0.3) is 0 Å². The molecule has 0 saturated carbocycles. The summed E-state index contributed by atoms with van der Waals surface area (Å²) in [5, 5.41) is 2.98. The highest BCUT2D eigenvalue weighted by Gasteiger charge is 2.21. The Morgan fingerprint density at radius 3 is 2.94 bits per heavy atom. The van der Waals surface area contributed by atoms with E-state index >= 15 is 0 Å². The maximum atomic E-state index is 4.42. The zero-order valence-corrected chi connectivity index (χ0v) is 10.8. The number of rotatable bonds is 5. The molecule has 0 aliphatic carbocycles. The van der Waals surface area contributed by atoms with E-state index in [1.807, 2.05) is 13.2 Å². The molecule has 94 valence electrons. The molecule has 1 N–H and O–H groups in total. The molecule has 2 heterocycles. The van der Waals surface area contributed by atoms with E-state index in [0.717, 1.165) is 24.0 Å². The third-order valence-corrected chi connectivity index (χ3v) is 3.41. The first kappa shape index (κ1) is 12.3. The lowest BCUT2D eigenvalue weighted by atomic mass is 10.0. The number of likely N-dealkylation sites (tertiary alicyclic amines) is 1. The van der Waals surface area contributed by atoms with Gasteiger partial charge in [-0.2, -0.15) is 0 Å². The molecule has 17 heavy (non-hydrogen) atoms. The maximum absolute atomic E-state index is 4.42. The Balaban J connectivity index is 1.84. The molecular weight excluding hydrogens is 212 g/mol. The molecule has 1 aliphatic heterocycles. The van der Waals surface area contributed by atoms with Crippen LogP contribution in [-0.2, 0) is 6.54 Å². The number of nitrogens with one attached hydrogen (secondary N) is 1. The highest BCUT2D eigenvalue weighted by Crippen LogP contribution is 2.21. The van der Waals surface area contributed by atoms with Crippen LogP contribution >= 0.6 is 0 Å². The molecule has 1 unspecified atom stereocenters. The first-order chi connectivity index (χ1) is 8.31. The van der Waals surface area contributed by atoms with E-state index in [1.54, 1.807) is 6.20 Å². The van der Waals surface area contributed by atoms with E-state index in [1.165, 1.54) is 32.4 Å². The van der Waals surface area contributed by atoms with Gasteiger partial charge in [-0.3, -0.25) is 9.88 Å². The van der Waals surface area contributed by atoms with Crippen molar-refractivity contribution in [1.82, 2.24) is 14.9 Å². The first-order valence-corrected chi connectivity index (χ1v) is 6.53. The number of hydrogen-bond donors (Lipinski definition) is 1. The molecule has 0 aromatic carbocycles. The van der Waals surface area contributed by atoms with Gasteiger partial charge >= 0.3 is 0 Å². The minimum Gasteiger partial charge on any atom is -0.372 e. The van der Waals surface area contributed by atoms with Gasteiger partial charge in [0.1, 0.15) is 5.82 Å². The summed E-state index contributed by atoms with van der Waals surface area (Å²) in [6, 6.07) is 0. The Kier molecular flexibility index (Phi) is 4.31. The number of aromatic nitrogens is 2. The Hall–Kier alpha value is -1.16. The van der Waals surface area contributed by atoms with Crippen LogP contribution in [0.15, 0.2) is 12.4 Å². The molecule has 1 aliphatic rings. The number of nitrogens with zero attached hydrogens (tertiary/aromatic N) is 3. The molecule has 0 radical (unpaired) electrons. The third-order valence-electron chi connectivity index (χ3n) is 3.41. The molecule has 0 bridgehead atoms. The van der Waals surface area contributed by atoms with Crippen molar-refractivity contribution < 1.29 is 0 Å². The minimum atomic E-state index is 0.832. The molecule has 4 nitrogen and oxygen atoms in total. The fraction of sp³-hybridized carbons (Fsp3) is 0.692. The SMILES string of the molecule is CCCC1CCN(Cc2cnc(NC)cn2)C1. The van der Waals surface area contributed by atoms with Crippen LogP contribution in [0.1, 0.15) is 31.9 Å². The Morgan fingerprint density at radius 2 is 2.29 bits per heavy atom. The van der Waals surface area contributed by atoms with E-state index in [4.69, 9.17) is 0 Å².